The van der Waals surface area contributed by atoms with E-state index in [1.54, 1.807) is 0 Å². The van der Waals surface area contributed by atoms with Gasteiger partial charge in [0.15, 0.2) is 0 Å². The van der Waals surface area contributed by atoms with Crippen molar-refractivity contribution in [2.24, 2.45) is 0 Å². The average Bonchev–Trinajstić information content (AvgIpc) is 2.36. The zero-order valence-electron chi connectivity index (χ0n) is 16.1. The van der Waals surface area contributed by atoms with Crippen molar-refractivity contribution in [3.63, 3.8) is 0 Å². The van der Waals surface area contributed by atoms with Gasteiger partial charge in [0, 0.05) is 5.92 Å². The van der Waals surface area contributed by atoms with Gasteiger partial charge in [-0.15, -0.1) is 0 Å². The van der Waals surface area contributed by atoms with E-state index in [0.717, 1.165) is 5.76 Å². The molecule has 2 atom stereocenters. The van der Waals surface area contributed by atoms with Crippen LogP contribution >= 0.6 is 0 Å². The maximum Gasteiger partial charge on any atom is 0.121 e. The summed E-state index contributed by atoms with van der Waals surface area (Å²) in [6, 6.07) is 0. The van der Waals surface area contributed by atoms with E-state index in [2.05, 4.69) is 69.2 Å². The first-order valence-corrected chi connectivity index (χ1v) is 8.46. The molecular formula is C21H32O. The maximum absolute atomic E-state index is 6.28. The highest BCUT2D eigenvalue weighted by atomic mass is 16.5. The Morgan fingerprint density at radius 3 is 1.86 bits per heavy atom. The van der Waals surface area contributed by atoms with Crippen molar-refractivity contribution in [2.45, 2.75) is 86.7 Å². The van der Waals surface area contributed by atoms with Gasteiger partial charge in [-0.2, -0.15) is 0 Å². The van der Waals surface area contributed by atoms with Crippen LogP contribution in [0.4, 0.5) is 0 Å². The third-order valence-corrected chi connectivity index (χ3v) is 5.19. The molecule has 1 heteroatoms. The van der Waals surface area contributed by atoms with E-state index in [1.807, 2.05) is 0 Å². The second kappa shape index (κ2) is 5.44. The first-order valence-electron chi connectivity index (χ1n) is 8.46. The summed E-state index contributed by atoms with van der Waals surface area (Å²) in [5.74, 6) is 1.50. The minimum atomic E-state index is 0.141. The molecule has 0 bridgehead atoms. The van der Waals surface area contributed by atoms with E-state index >= 15 is 0 Å². The standard InChI is InChI=1S/C21H32O/c1-11(2)20-15(6)17-14(5)19(21(8,9)10)13(4)12(3)18(17)16(7)22-20/h15-16H,1-10H3. The van der Waals surface area contributed by atoms with Crippen molar-refractivity contribution in [2.75, 3.05) is 0 Å². The summed E-state index contributed by atoms with van der Waals surface area (Å²) in [6.45, 7) is 22.6. The molecule has 0 saturated heterocycles. The fourth-order valence-electron chi connectivity index (χ4n) is 4.45. The molecule has 0 aliphatic carbocycles. The predicted octanol–water partition coefficient (Wildman–Crippen LogP) is 6.40. The van der Waals surface area contributed by atoms with Crippen LogP contribution in [0.3, 0.4) is 0 Å². The summed E-state index contributed by atoms with van der Waals surface area (Å²) >= 11 is 0. The van der Waals surface area contributed by atoms with Gasteiger partial charge in [-0.05, 0) is 85.9 Å². The lowest BCUT2D eigenvalue weighted by atomic mass is 9.72. The highest BCUT2D eigenvalue weighted by molar-refractivity contribution is 5.57. The molecule has 0 amide bonds. The van der Waals surface area contributed by atoms with Gasteiger partial charge in [0.2, 0.25) is 0 Å². The van der Waals surface area contributed by atoms with E-state index in [4.69, 9.17) is 4.74 Å². The van der Waals surface area contributed by atoms with Crippen LogP contribution in [0.2, 0.25) is 0 Å². The van der Waals surface area contributed by atoms with Crippen LogP contribution in [-0.2, 0) is 10.2 Å². The van der Waals surface area contributed by atoms with E-state index < -0.39 is 0 Å². The Morgan fingerprint density at radius 1 is 0.864 bits per heavy atom. The minimum absolute atomic E-state index is 0.141. The first kappa shape index (κ1) is 17.1. The predicted molar refractivity (Wildman–Crippen MR) is 95.6 cm³/mol. The minimum Gasteiger partial charge on any atom is -0.490 e. The number of rotatable bonds is 0. The van der Waals surface area contributed by atoms with E-state index in [9.17, 15) is 0 Å². The Bertz CT molecular complexity index is 637. The molecular weight excluding hydrogens is 268 g/mol. The van der Waals surface area contributed by atoms with E-state index in [0.29, 0.717) is 5.92 Å². The highest BCUT2D eigenvalue weighted by Gasteiger charge is 2.34. The third-order valence-electron chi connectivity index (χ3n) is 5.19. The Hall–Kier alpha value is -1.24. The fraction of sp³-hybridized carbons (Fsp3) is 0.619. The average molecular weight is 300 g/mol. The van der Waals surface area contributed by atoms with Crippen molar-refractivity contribution in [1.29, 1.82) is 0 Å². The third kappa shape index (κ3) is 2.49. The molecule has 0 radical (unpaired) electrons. The molecule has 1 nitrogen and oxygen atoms in total. The number of ether oxygens (including phenoxy) is 1. The molecule has 0 N–H and O–H groups in total. The van der Waals surface area contributed by atoms with Crippen LogP contribution in [0, 0.1) is 20.8 Å². The summed E-state index contributed by atoms with van der Waals surface area (Å²) in [6.07, 6.45) is 0.141. The molecule has 2 unspecified atom stereocenters. The first-order chi connectivity index (χ1) is 9.98. The quantitative estimate of drug-likeness (QED) is 0.539. The number of hydrogen-bond acceptors (Lipinski definition) is 1. The molecule has 0 spiro atoms. The topological polar surface area (TPSA) is 9.23 Å². The molecule has 0 aromatic heterocycles. The van der Waals surface area contributed by atoms with Crippen molar-refractivity contribution >= 4 is 0 Å². The van der Waals surface area contributed by atoms with Crippen LogP contribution in [0.15, 0.2) is 11.3 Å². The summed E-state index contributed by atoms with van der Waals surface area (Å²) in [5.41, 5.74) is 10.2. The van der Waals surface area contributed by atoms with Gasteiger partial charge in [-0.3, -0.25) is 0 Å². The fourth-order valence-corrected chi connectivity index (χ4v) is 4.45. The summed E-state index contributed by atoms with van der Waals surface area (Å²) in [7, 11) is 0. The lowest BCUT2D eigenvalue weighted by Gasteiger charge is -2.38. The summed E-state index contributed by atoms with van der Waals surface area (Å²) in [4.78, 5) is 0. The number of fused-ring (bicyclic) bond motifs is 1. The summed E-state index contributed by atoms with van der Waals surface area (Å²) in [5, 5.41) is 0. The van der Waals surface area contributed by atoms with Crippen LogP contribution < -0.4 is 0 Å². The molecule has 122 valence electrons. The SMILES string of the molecule is CC(C)=C1OC(C)c2c(C)c(C)c(C(C)(C)C)c(C)c2C1C. The molecule has 1 aromatic rings. The van der Waals surface area contributed by atoms with E-state index in [-0.39, 0.29) is 11.5 Å². The second-order valence-corrected chi connectivity index (χ2v) is 8.17. The lowest BCUT2D eigenvalue weighted by molar-refractivity contribution is 0.102. The highest BCUT2D eigenvalue weighted by Crippen LogP contribution is 2.47. The zero-order chi connectivity index (χ0) is 17.0. The van der Waals surface area contributed by atoms with Crippen molar-refractivity contribution in [3.8, 4) is 0 Å². The Labute approximate surface area is 136 Å². The van der Waals surface area contributed by atoms with Crippen molar-refractivity contribution in [1.82, 2.24) is 0 Å². The van der Waals surface area contributed by atoms with Gasteiger partial charge < -0.3 is 4.74 Å². The van der Waals surface area contributed by atoms with Crippen LogP contribution in [-0.4, -0.2) is 0 Å². The Kier molecular flexibility index (Phi) is 4.23. The maximum atomic E-state index is 6.28. The molecule has 1 aliphatic heterocycles. The smallest absolute Gasteiger partial charge is 0.121 e. The lowest BCUT2D eigenvalue weighted by Crippen LogP contribution is -2.25. The van der Waals surface area contributed by atoms with Crippen LogP contribution in [0.5, 0.6) is 0 Å². The molecule has 22 heavy (non-hydrogen) atoms. The Balaban J connectivity index is 2.89. The molecule has 1 heterocycles. The molecule has 0 saturated carbocycles. The van der Waals surface area contributed by atoms with Gasteiger partial charge >= 0.3 is 0 Å². The number of allylic oxidation sites excluding steroid dienone is 2. The second-order valence-electron chi connectivity index (χ2n) is 8.17. The molecule has 0 fully saturated rings. The zero-order valence-corrected chi connectivity index (χ0v) is 16.1. The molecule has 1 aromatic carbocycles. The molecule has 1 aliphatic rings. The van der Waals surface area contributed by atoms with Crippen molar-refractivity contribution in [3.05, 3.63) is 44.7 Å². The normalized spacial score (nSPS) is 21.5. The van der Waals surface area contributed by atoms with Gasteiger partial charge in [-0.25, -0.2) is 0 Å². The monoisotopic (exact) mass is 300 g/mol. The van der Waals surface area contributed by atoms with E-state index in [1.165, 1.54) is 39.0 Å². The van der Waals surface area contributed by atoms with Gasteiger partial charge in [-0.1, -0.05) is 27.7 Å². The number of hydrogen-bond donors (Lipinski definition) is 0. The van der Waals surface area contributed by atoms with Crippen molar-refractivity contribution < 1.29 is 4.74 Å². The number of benzene rings is 1. The van der Waals surface area contributed by atoms with Gasteiger partial charge in [0.25, 0.3) is 0 Å². The van der Waals surface area contributed by atoms with Crippen LogP contribution in [0.25, 0.3) is 0 Å². The Morgan fingerprint density at radius 2 is 1.41 bits per heavy atom. The van der Waals surface area contributed by atoms with Gasteiger partial charge in [0.05, 0.1) is 0 Å². The summed E-state index contributed by atoms with van der Waals surface area (Å²) < 4.78 is 6.28. The largest absolute Gasteiger partial charge is 0.490 e. The van der Waals surface area contributed by atoms with Crippen LogP contribution in [0.1, 0.15) is 93.9 Å². The molecule has 2 rings (SSSR count). The van der Waals surface area contributed by atoms with Gasteiger partial charge in [0.1, 0.15) is 11.9 Å².